The maximum absolute atomic E-state index is 12.3. The van der Waals surface area contributed by atoms with Crippen molar-refractivity contribution < 1.29 is 14.0 Å². The third-order valence-corrected chi connectivity index (χ3v) is 13.1. The molecule has 0 unspecified atom stereocenters. The van der Waals surface area contributed by atoms with E-state index in [0.29, 0.717) is 35.7 Å². The van der Waals surface area contributed by atoms with Gasteiger partial charge >= 0.3 is 0 Å². The number of amides is 1. The quantitative estimate of drug-likeness (QED) is 0.426. The minimum Gasteiger partial charge on any atom is -0.416 e. The van der Waals surface area contributed by atoms with Crippen molar-refractivity contribution >= 4 is 36.9 Å². The van der Waals surface area contributed by atoms with Gasteiger partial charge in [0.05, 0.1) is 17.6 Å². The molecule has 3 rings (SSSR count). The summed E-state index contributed by atoms with van der Waals surface area (Å²) in [5.41, 5.74) is 11.8. The van der Waals surface area contributed by atoms with Crippen molar-refractivity contribution in [3.05, 3.63) is 17.7 Å². The maximum Gasteiger partial charge on any atom is 0.253 e. The van der Waals surface area contributed by atoms with Crippen LogP contribution in [0.5, 0.6) is 0 Å². The number of carbonyl (C=O) groups excluding carboxylic acids is 1. The number of imidazole rings is 1. The molecule has 1 aromatic heterocycles. The second kappa shape index (κ2) is 9.93. The third kappa shape index (κ3) is 4.58. The summed E-state index contributed by atoms with van der Waals surface area (Å²) in [6, 6.07) is 4.07. The molecule has 0 radical (unpaired) electrons. The first kappa shape index (κ1) is 24.7. The molecule has 1 amide bonds. The fourth-order valence-corrected chi connectivity index (χ4v) is 11.1. The molecule has 1 aromatic carbocycles. The first-order valence-corrected chi connectivity index (χ1v) is 14.0. The number of carbonyl (C=O) groups is 1. The number of aryl methyl sites for hydroxylation is 2. The van der Waals surface area contributed by atoms with Crippen molar-refractivity contribution in [1.29, 1.82) is 0 Å². The maximum atomic E-state index is 12.3. The SMILES string of the molecule is Cc1cc2c(cc1N1CCOCC1=O)nc(N)n2CCCO[Si](C(C)C)(C(C)C)C(C)C. The fourth-order valence-electron chi connectivity index (χ4n) is 5.55. The Morgan fingerprint density at radius 3 is 2.41 bits per heavy atom. The van der Waals surface area contributed by atoms with Gasteiger partial charge in [0.15, 0.2) is 8.32 Å². The molecule has 2 N–H and O–H groups in total. The molecule has 0 aliphatic carbocycles. The van der Waals surface area contributed by atoms with Crippen molar-refractivity contribution in [3.63, 3.8) is 0 Å². The zero-order chi connectivity index (χ0) is 23.6. The molecule has 32 heavy (non-hydrogen) atoms. The third-order valence-electron chi connectivity index (χ3n) is 6.96. The highest BCUT2D eigenvalue weighted by Crippen LogP contribution is 2.42. The van der Waals surface area contributed by atoms with Gasteiger partial charge in [0, 0.05) is 25.4 Å². The largest absolute Gasteiger partial charge is 0.416 e. The van der Waals surface area contributed by atoms with Crippen molar-refractivity contribution in [3.8, 4) is 0 Å². The zero-order valence-electron chi connectivity index (χ0n) is 20.8. The average molecular weight is 461 g/mol. The summed E-state index contributed by atoms with van der Waals surface area (Å²) in [6.45, 7) is 18.6. The number of fused-ring (bicyclic) bond motifs is 1. The summed E-state index contributed by atoms with van der Waals surface area (Å²) in [5.74, 6) is 0.487. The standard InChI is InChI=1S/C24H40N4O3Si/c1-16(2)32(17(3)4,18(5)6)31-11-8-9-28-22-13-19(7)21(14-20(22)26-24(28)25)27-10-12-30-15-23(27)29/h13-14,16-18H,8-12,15H2,1-7H3,(H2,25,26). The number of nitrogen functional groups attached to an aromatic ring is 1. The molecule has 0 saturated carbocycles. The molecule has 7 nitrogen and oxygen atoms in total. The Morgan fingerprint density at radius 2 is 1.81 bits per heavy atom. The van der Waals surface area contributed by atoms with Crippen LogP contribution < -0.4 is 10.6 Å². The Bertz CT molecular complexity index is 933. The highest BCUT2D eigenvalue weighted by molar-refractivity contribution is 6.77. The fraction of sp³-hybridized carbons (Fsp3) is 0.667. The van der Waals surface area contributed by atoms with Crippen LogP contribution >= 0.6 is 0 Å². The van der Waals surface area contributed by atoms with Crippen molar-refractivity contribution in [1.82, 2.24) is 9.55 Å². The van der Waals surface area contributed by atoms with E-state index in [-0.39, 0.29) is 12.5 Å². The summed E-state index contributed by atoms with van der Waals surface area (Å²) in [6.07, 6.45) is 0.888. The number of aromatic nitrogens is 2. The molecule has 8 heteroatoms. The van der Waals surface area contributed by atoms with Gasteiger partial charge in [-0.3, -0.25) is 4.79 Å². The van der Waals surface area contributed by atoms with E-state index in [2.05, 4.69) is 57.2 Å². The number of benzene rings is 1. The number of hydrogen-bond acceptors (Lipinski definition) is 5. The van der Waals surface area contributed by atoms with E-state index in [9.17, 15) is 4.79 Å². The highest BCUT2D eigenvalue weighted by atomic mass is 28.4. The number of nitrogens with zero attached hydrogens (tertiary/aromatic N) is 3. The second-order valence-electron chi connectivity index (χ2n) is 9.87. The van der Waals surface area contributed by atoms with Gasteiger partial charge in [-0.05, 0) is 47.7 Å². The van der Waals surface area contributed by atoms with E-state index >= 15 is 0 Å². The number of nitrogens with two attached hydrogens (primary N) is 1. The number of anilines is 2. The van der Waals surface area contributed by atoms with Gasteiger partial charge in [0.1, 0.15) is 6.61 Å². The van der Waals surface area contributed by atoms with Gasteiger partial charge in [-0.15, -0.1) is 0 Å². The summed E-state index contributed by atoms with van der Waals surface area (Å²) in [5, 5.41) is 0. The summed E-state index contributed by atoms with van der Waals surface area (Å²) in [4.78, 5) is 18.7. The molecule has 2 heterocycles. The lowest BCUT2D eigenvalue weighted by Crippen LogP contribution is -2.48. The van der Waals surface area contributed by atoms with E-state index in [1.807, 2.05) is 13.0 Å². The normalized spacial score (nSPS) is 15.7. The van der Waals surface area contributed by atoms with Crippen LogP contribution in [-0.2, 0) is 20.5 Å². The molecule has 1 aliphatic rings. The summed E-state index contributed by atoms with van der Waals surface area (Å²) < 4.78 is 14.0. The minimum atomic E-state index is -1.86. The molecule has 0 bridgehead atoms. The van der Waals surface area contributed by atoms with E-state index < -0.39 is 8.32 Å². The zero-order valence-corrected chi connectivity index (χ0v) is 21.8. The first-order valence-electron chi connectivity index (χ1n) is 11.9. The van der Waals surface area contributed by atoms with Crippen LogP contribution in [0.1, 0.15) is 53.5 Å². The molecular formula is C24H40N4O3Si. The van der Waals surface area contributed by atoms with Gasteiger partial charge in [-0.2, -0.15) is 0 Å². The Labute approximate surface area is 193 Å². The number of rotatable bonds is 9. The van der Waals surface area contributed by atoms with E-state index in [1.165, 1.54) is 0 Å². The summed E-state index contributed by atoms with van der Waals surface area (Å²) >= 11 is 0. The molecule has 1 fully saturated rings. The smallest absolute Gasteiger partial charge is 0.253 e. The van der Waals surface area contributed by atoms with Gasteiger partial charge in [0.25, 0.3) is 5.91 Å². The minimum absolute atomic E-state index is 0.0173. The predicted octanol–water partition coefficient (Wildman–Crippen LogP) is 4.87. The Kier molecular flexibility index (Phi) is 7.67. The van der Waals surface area contributed by atoms with E-state index in [0.717, 1.165) is 41.9 Å². The second-order valence-corrected chi connectivity index (χ2v) is 15.3. The van der Waals surface area contributed by atoms with E-state index in [4.69, 9.17) is 14.9 Å². The van der Waals surface area contributed by atoms with Crippen LogP contribution in [0.25, 0.3) is 11.0 Å². The number of morpholine rings is 1. The first-order chi connectivity index (χ1) is 15.1. The topological polar surface area (TPSA) is 82.6 Å². The molecule has 0 spiro atoms. The molecule has 2 aromatic rings. The lowest BCUT2D eigenvalue weighted by Gasteiger charge is -2.42. The van der Waals surface area contributed by atoms with Crippen LogP contribution in [0.2, 0.25) is 16.6 Å². The Hall–Kier alpha value is -1.90. The average Bonchev–Trinajstić information content (AvgIpc) is 3.01. The monoisotopic (exact) mass is 460 g/mol. The lowest BCUT2D eigenvalue weighted by molar-refractivity contribution is -0.125. The van der Waals surface area contributed by atoms with Gasteiger partial charge in [0.2, 0.25) is 5.95 Å². The van der Waals surface area contributed by atoms with Gasteiger partial charge < -0.3 is 24.4 Å². The Balaban J connectivity index is 1.76. The molecule has 0 atom stereocenters. The van der Waals surface area contributed by atoms with Gasteiger partial charge in [-0.1, -0.05) is 41.5 Å². The lowest BCUT2D eigenvalue weighted by atomic mass is 10.1. The van der Waals surface area contributed by atoms with Crippen molar-refractivity contribution in [2.75, 3.05) is 37.0 Å². The van der Waals surface area contributed by atoms with Crippen LogP contribution in [0.3, 0.4) is 0 Å². The molecule has 1 saturated heterocycles. The Morgan fingerprint density at radius 1 is 1.16 bits per heavy atom. The van der Waals surface area contributed by atoms with Crippen molar-refractivity contribution in [2.24, 2.45) is 0 Å². The predicted molar refractivity (Wildman–Crippen MR) is 134 cm³/mol. The highest BCUT2D eigenvalue weighted by Gasteiger charge is 2.44. The van der Waals surface area contributed by atoms with E-state index in [1.54, 1.807) is 4.90 Å². The van der Waals surface area contributed by atoms with Crippen LogP contribution in [0.15, 0.2) is 12.1 Å². The van der Waals surface area contributed by atoms with Crippen LogP contribution in [0.4, 0.5) is 11.6 Å². The number of hydrogen-bond donors (Lipinski definition) is 1. The molecule has 178 valence electrons. The molecular weight excluding hydrogens is 420 g/mol. The summed E-state index contributed by atoms with van der Waals surface area (Å²) in [7, 11) is -1.86. The van der Waals surface area contributed by atoms with Crippen molar-refractivity contribution in [2.45, 2.75) is 78.1 Å². The van der Waals surface area contributed by atoms with Crippen LogP contribution in [-0.4, -0.2) is 50.1 Å². The van der Waals surface area contributed by atoms with Crippen LogP contribution in [0, 0.1) is 6.92 Å². The molecule has 1 aliphatic heterocycles. The van der Waals surface area contributed by atoms with Gasteiger partial charge in [-0.25, -0.2) is 4.98 Å². The number of ether oxygens (including phenoxy) is 1.